The van der Waals surface area contributed by atoms with Crippen LogP contribution in [0.1, 0.15) is 12.5 Å². The summed E-state index contributed by atoms with van der Waals surface area (Å²) in [5.41, 5.74) is 6.08. The second-order valence-corrected chi connectivity index (χ2v) is 3.26. The summed E-state index contributed by atoms with van der Waals surface area (Å²) in [4.78, 5) is 7.91. The Morgan fingerprint density at radius 2 is 2.21 bits per heavy atom. The summed E-state index contributed by atoms with van der Waals surface area (Å²) in [6, 6.07) is 0. The molecule has 0 fully saturated rings. The minimum absolute atomic E-state index is 0.147. The quantitative estimate of drug-likeness (QED) is 0.567. The number of ether oxygens (including phenoxy) is 1. The predicted octanol–water partition coefficient (Wildman–Crippen LogP) is 0.672. The fourth-order valence-electron chi connectivity index (χ4n) is 1.02. The van der Waals surface area contributed by atoms with Crippen LogP contribution in [0.5, 0.6) is 5.88 Å². The van der Waals surface area contributed by atoms with Gasteiger partial charge in [0.15, 0.2) is 0 Å². The lowest BCUT2D eigenvalue weighted by Gasteiger charge is -2.10. The summed E-state index contributed by atoms with van der Waals surface area (Å²) in [5.74, 6) is 0.529. The first-order chi connectivity index (χ1) is 6.72. The number of aliphatic hydroxyl groups is 1. The van der Waals surface area contributed by atoms with Crippen LogP contribution in [0.15, 0.2) is 5.03 Å². The number of hydrogen-bond acceptors (Lipinski definition) is 6. The van der Waals surface area contributed by atoms with Crippen molar-refractivity contribution in [2.45, 2.75) is 18.6 Å². The van der Waals surface area contributed by atoms with Crippen molar-refractivity contribution >= 4 is 17.7 Å². The zero-order valence-corrected chi connectivity index (χ0v) is 8.97. The molecule has 0 aliphatic heterocycles. The first kappa shape index (κ1) is 11.1. The van der Waals surface area contributed by atoms with E-state index in [1.165, 1.54) is 11.8 Å². The van der Waals surface area contributed by atoms with E-state index in [2.05, 4.69) is 9.97 Å². The van der Waals surface area contributed by atoms with Crippen LogP contribution in [0.2, 0.25) is 0 Å². The number of hydrogen-bond donors (Lipinski definition) is 2. The van der Waals surface area contributed by atoms with E-state index >= 15 is 0 Å². The highest BCUT2D eigenvalue weighted by Gasteiger charge is 2.12. The third kappa shape index (κ3) is 2.27. The molecule has 0 aliphatic rings. The molecule has 3 N–H and O–H groups in total. The first-order valence-corrected chi connectivity index (χ1v) is 5.39. The molecule has 14 heavy (non-hydrogen) atoms. The Hall–Kier alpha value is -1.01. The minimum Gasteiger partial charge on any atom is -0.478 e. The smallest absolute Gasteiger partial charge is 0.224 e. The zero-order valence-electron chi connectivity index (χ0n) is 8.15. The van der Waals surface area contributed by atoms with E-state index < -0.39 is 0 Å². The maximum atomic E-state index is 9.13. The van der Waals surface area contributed by atoms with Gasteiger partial charge in [-0.3, -0.25) is 0 Å². The summed E-state index contributed by atoms with van der Waals surface area (Å²) in [5, 5.41) is 9.79. The van der Waals surface area contributed by atoms with Crippen LogP contribution in [0.25, 0.3) is 0 Å². The molecule has 0 radical (unpaired) electrons. The normalized spacial score (nSPS) is 10.2. The van der Waals surface area contributed by atoms with Gasteiger partial charge in [-0.1, -0.05) is 0 Å². The molecule has 1 heterocycles. The number of anilines is 1. The molecule has 0 saturated heterocycles. The van der Waals surface area contributed by atoms with E-state index in [0.29, 0.717) is 23.1 Å². The lowest BCUT2D eigenvalue weighted by molar-refractivity contribution is 0.258. The molecular formula is C8H13N3O2S. The third-order valence-electron chi connectivity index (χ3n) is 1.58. The molecule has 0 spiro atoms. The SMILES string of the molecule is CCOc1nc(N)nc(SC)c1CO. The fourth-order valence-corrected chi connectivity index (χ4v) is 1.60. The topological polar surface area (TPSA) is 81.3 Å². The highest BCUT2D eigenvalue weighted by molar-refractivity contribution is 7.98. The molecule has 0 atom stereocenters. The van der Waals surface area contributed by atoms with Gasteiger partial charge in [0.2, 0.25) is 11.8 Å². The fraction of sp³-hybridized carbons (Fsp3) is 0.500. The number of nitrogen functional groups attached to an aromatic ring is 1. The summed E-state index contributed by atoms with van der Waals surface area (Å²) in [6.07, 6.45) is 1.86. The van der Waals surface area contributed by atoms with Crippen molar-refractivity contribution < 1.29 is 9.84 Å². The van der Waals surface area contributed by atoms with Crippen LogP contribution in [-0.4, -0.2) is 27.9 Å². The number of rotatable bonds is 4. The lowest BCUT2D eigenvalue weighted by Crippen LogP contribution is -2.06. The number of aliphatic hydroxyl groups excluding tert-OH is 1. The van der Waals surface area contributed by atoms with Crippen molar-refractivity contribution in [3.63, 3.8) is 0 Å². The number of aromatic nitrogens is 2. The standard InChI is InChI=1S/C8H13N3O2S/c1-3-13-6-5(4-12)7(14-2)11-8(9)10-6/h12H,3-4H2,1-2H3,(H2,9,10,11). The van der Waals surface area contributed by atoms with E-state index in [4.69, 9.17) is 15.6 Å². The summed E-state index contributed by atoms with van der Waals surface area (Å²) in [6.45, 7) is 2.18. The van der Waals surface area contributed by atoms with E-state index in [9.17, 15) is 0 Å². The van der Waals surface area contributed by atoms with Crippen LogP contribution < -0.4 is 10.5 Å². The summed E-state index contributed by atoms with van der Waals surface area (Å²) < 4.78 is 5.25. The van der Waals surface area contributed by atoms with Crippen molar-refractivity contribution in [3.8, 4) is 5.88 Å². The Balaban J connectivity index is 3.17. The Labute approximate surface area is 86.7 Å². The predicted molar refractivity (Wildman–Crippen MR) is 55.3 cm³/mol. The van der Waals surface area contributed by atoms with Gasteiger partial charge in [-0.2, -0.15) is 4.98 Å². The van der Waals surface area contributed by atoms with Gasteiger partial charge in [-0.25, -0.2) is 4.98 Å². The van der Waals surface area contributed by atoms with Crippen LogP contribution >= 0.6 is 11.8 Å². The van der Waals surface area contributed by atoms with Gasteiger partial charge in [0.25, 0.3) is 0 Å². The number of nitrogens with zero attached hydrogens (tertiary/aromatic N) is 2. The monoisotopic (exact) mass is 215 g/mol. The molecule has 0 saturated carbocycles. The van der Waals surface area contributed by atoms with E-state index in [1.807, 2.05) is 13.2 Å². The molecule has 0 aromatic carbocycles. The van der Waals surface area contributed by atoms with Crippen molar-refractivity contribution in [1.29, 1.82) is 0 Å². The van der Waals surface area contributed by atoms with E-state index in [-0.39, 0.29) is 12.6 Å². The Bertz CT molecular complexity index is 320. The molecule has 0 unspecified atom stereocenters. The van der Waals surface area contributed by atoms with Gasteiger partial charge in [-0.05, 0) is 13.2 Å². The van der Waals surface area contributed by atoms with Crippen molar-refractivity contribution in [2.24, 2.45) is 0 Å². The van der Waals surface area contributed by atoms with Gasteiger partial charge in [0, 0.05) is 0 Å². The maximum absolute atomic E-state index is 9.13. The molecular weight excluding hydrogens is 202 g/mol. The molecule has 1 aromatic heterocycles. The highest BCUT2D eigenvalue weighted by atomic mass is 32.2. The molecule has 6 heteroatoms. The molecule has 78 valence electrons. The van der Waals surface area contributed by atoms with Gasteiger partial charge >= 0.3 is 0 Å². The Kier molecular flexibility index (Phi) is 3.97. The summed E-state index contributed by atoms with van der Waals surface area (Å²) in [7, 11) is 0. The first-order valence-electron chi connectivity index (χ1n) is 4.17. The van der Waals surface area contributed by atoms with E-state index in [0.717, 1.165) is 0 Å². The highest BCUT2D eigenvalue weighted by Crippen LogP contribution is 2.26. The molecule has 1 aromatic rings. The third-order valence-corrected chi connectivity index (χ3v) is 2.31. The van der Waals surface area contributed by atoms with Crippen LogP contribution in [-0.2, 0) is 6.61 Å². The largest absolute Gasteiger partial charge is 0.478 e. The van der Waals surface area contributed by atoms with Gasteiger partial charge < -0.3 is 15.6 Å². The minimum atomic E-state index is -0.147. The average Bonchev–Trinajstić information content (AvgIpc) is 2.17. The second kappa shape index (κ2) is 5.02. The summed E-state index contributed by atoms with van der Waals surface area (Å²) >= 11 is 1.40. The molecule has 1 rings (SSSR count). The number of thioether (sulfide) groups is 1. The van der Waals surface area contributed by atoms with Gasteiger partial charge in [-0.15, -0.1) is 11.8 Å². The lowest BCUT2D eigenvalue weighted by atomic mass is 10.3. The number of nitrogens with two attached hydrogens (primary N) is 1. The molecule has 5 nitrogen and oxygen atoms in total. The van der Waals surface area contributed by atoms with Crippen LogP contribution in [0.3, 0.4) is 0 Å². The second-order valence-electron chi connectivity index (χ2n) is 2.47. The molecule has 0 bridgehead atoms. The van der Waals surface area contributed by atoms with Crippen molar-refractivity contribution in [1.82, 2.24) is 9.97 Å². The van der Waals surface area contributed by atoms with Gasteiger partial charge in [0.05, 0.1) is 18.8 Å². The van der Waals surface area contributed by atoms with Crippen molar-refractivity contribution in [2.75, 3.05) is 18.6 Å². The molecule has 0 aliphatic carbocycles. The van der Waals surface area contributed by atoms with Crippen LogP contribution in [0.4, 0.5) is 5.95 Å². The Morgan fingerprint density at radius 1 is 1.50 bits per heavy atom. The van der Waals surface area contributed by atoms with E-state index in [1.54, 1.807) is 0 Å². The van der Waals surface area contributed by atoms with Gasteiger partial charge in [0.1, 0.15) is 5.03 Å². The maximum Gasteiger partial charge on any atom is 0.224 e. The molecule has 0 amide bonds. The average molecular weight is 215 g/mol. The Morgan fingerprint density at radius 3 is 2.71 bits per heavy atom. The zero-order chi connectivity index (χ0) is 10.6. The van der Waals surface area contributed by atoms with Crippen molar-refractivity contribution in [3.05, 3.63) is 5.56 Å². The van der Waals surface area contributed by atoms with Crippen LogP contribution in [0, 0.1) is 0 Å².